The molecular weight excluding hydrogens is 564 g/mol. The fourth-order valence-corrected chi connectivity index (χ4v) is 8.09. The van der Waals surface area contributed by atoms with Crippen molar-refractivity contribution in [2.45, 2.75) is 83.7 Å². The van der Waals surface area contributed by atoms with Gasteiger partial charge in [-0.25, -0.2) is 0 Å². The number of nitrogens with one attached hydrogen (secondary N) is 2. The van der Waals surface area contributed by atoms with Crippen LogP contribution in [-0.2, 0) is 25.7 Å². The predicted molar refractivity (Wildman–Crippen MR) is 175 cm³/mol. The van der Waals surface area contributed by atoms with E-state index >= 15 is 0 Å². The minimum Gasteiger partial charge on any atom is -0.359 e. The average Bonchev–Trinajstić information content (AvgIpc) is 3.65. The summed E-state index contributed by atoms with van der Waals surface area (Å²) in [5.74, 6) is -1.17. The van der Waals surface area contributed by atoms with Gasteiger partial charge in [0.1, 0.15) is 11.6 Å². The summed E-state index contributed by atoms with van der Waals surface area (Å²) in [4.78, 5) is 46.4. The lowest BCUT2D eigenvalue weighted by Crippen LogP contribution is -2.58. The molecule has 3 aliphatic heterocycles. The number of benzene rings is 2. The molecule has 3 heterocycles. The highest BCUT2D eigenvalue weighted by molar-refractivity contribution is 6.02. The van der Waals surface area contributed by atoms with E-state index in [2.05, 4.69) is 48.6 Å². The van der Waals surface area contributed by atoms with Crippen molar-refractivity contribution >= 4 is 23.4 Å². The minimum atomic E-state index is -1.16. The van der Waals surface area contributed by atoms with Crippen LogP contribution >= 0.6 is 0 Å². The standard InChI is InChI=1S/C37H48N4O4/c1-23-15-16-28(21-25(23)3)38-34(42)31-30-17-18-37(45-30)32(31)36(44)41(20-10-19-40(5)22-27-12-7-6-8-13-27)33(37)35(43)39-29-14-9-11-24(2)26(29)4/h6-8,12-13,15-18,21,24,26,29-33H,9-11,14,19-20,22H2,1-5H3,(H,38,42)(H,39,43)/t24-,26-,29-,30-,31+,32-,33-,37-/m1/s1. The van der Waals surface area contributed by atoms with Crippen LogP contribution in [0.4, 0.5) is 5.69 Å². The number of likely N-dealkylation sites (tertiary alicyclic amines) is 1. The molecule has 2 N–H and O–H groups in total. The highest BCUT2D eigenvalue weighted by atomic mass is 16.5. The van der Waals surface area contributed by atoms with Gasteiger partial charge in [0, 0.05) is 24.8 Å². The Morgan fingerprint density at radius 3 is 2.58 bits per heavy atom. The molecule has 0 radical (unpaired) electrons. The largest absolute Gasteiger partial charge is 0.359 e. The monoisotopic (exact) mass is 612 g/mol. The van der Waals surface area contributed by atoms with E-state index in [-0.39, 0.29) is 23.8 Å². The van der Waals surface area contributed by atoms with E-state index in [4.69, 9.17) is 4.74 Å². The van der Waals surface area contributed by atoms with Crippen LogP contribution in [0.5, 0.6) is 0 Å². The molecule has 4 aliphatic rings. The number of fused-ring (bicyclic) bond motifs is 1. The van der Waals surface area contributed by atoms with Gasteiger partial charge in [0.15, 0.2) is 0 Å². The molecule has 0 unspecified atom stereocenters. The van der Waals surface area contributed by atoms with Crippen molar-refractivity contribution in [3.05, 3.63) is 77.4 Å². The number of anilines is 1. The van der Waals surface area contributed by atoms with E-state index in [0.29, 0.717) is 30.5 Å². The van der Waals surface area contributed by atoms with Gasteiger partial charge in [-0.1, -0.05) is 75.2 Å². The Bertz CT molecular complexity index is 1460. The SMILES string of the molecule is Cc1ccc(NC(=O)[C@H]2[C@H]3C=C[C@@]4(O3)[C@H]2C(=O)N(CCCN(C)Cc2ccccc2)[C@@H]4C(=O)N[C@@H]2CCC[C@@H](C)[C@H]2C)cc1C. The maximum atomic E-state index is 14.4. The van der Waals surface area contributed by atoms with Gasteiger partial charge in [-0.15, -0.1) is 0 Å². The molecule has 2 saturated heterocycles. The van der Waals surface area contributed by atoms with Crippen LogP contribution in [0.2, 0.25) is 0 Å². The third kappa shape index (κ3) is 5.95. The number of carbonyl (C=O) groups is 3. The van der Waals surface area contributed by atoms with E-state index in [1.165, 1.54) is 5.56 Å². The van der Waals surface area contributed by atoms with E-state index < -0.39 is 29.6 Å². The first kappa shape index (κ1) is 31.5. The molecular formula is C37H48N4O4. The van der Waals surface area contributed by atoms with Gasteiger partial charge >= 0.3 is 0 Å². The molecule has 1 saturated carbocycles. The average molecular weight is 613 g/mol. The molecule has 1 spiro atoms. The maximum Gasteiger partial charge on any atom is 0.246 e. The third-order valence-corrected chi connectivity index (χ3v) is 11.0. The number of rotatable bonds is 10. The van der Waals surface area contributed by atoms with Crippen LogP contribution in [0.15, 0.2) is 60.7 Å². The Balaban J connectivity index is 1.23. The zero-order chi connectivity index (χ0) is 31.9. The Hall–Kier alpha value is -3.49. The summed E-state index contributed by atoms with van der Waals surface area (Å²) >= 11 is 0. The van der Waals surface area contributed by atoms with Gasteiger partial charge in [-0.2, -0.15) is 0 Å². The number of aryl methyl sites for hydroxylation is 2. The summed E-state index contributed by atoms with van der Waals surface area (Å²) in [6.07, 6.45) is 7.10. The molecule has 2 aromatic carbocycles. The lowest BCUT2D eigenvalue weighted by Gasteiger charge is -2.38. The number of amides is 3. The molecule has 1 aliphatic carbocycles. The topological polar surface area (TPSA) is 91.0 Å². The van der Waals surface area contributed by atoms with E-state index in [1.54, 1.807) is 4.90 Å². The quantitative estimate of drug-likeness (QED) is 0.375. The predicted octanol–water partition coefficient (Wildman–Crippen LogP) is 4.86. The van der Waals surface area contributed by atoms with Crippen molar-refractivity contribution in [3.8, 4) is 0 Å². The zero-order valence-electron chi connectivity index (χ0n) is 27.3. The van der Waals surface area contributed by atoms with Crippen molar-refractivity contribution in [1.29, 1.82) is 0 Å². The zero-order valence-corrected chi connectivity index (χ0v) is 27.3. The second kappa shape index (κ2) is 12.7. The van der Waals surface area contributed by atoms with Crippen molar-refractivity contribution < 1.29 is 19.1 Å². The molecule has 3 amide bonds. The maximum absolute atomic E-state index is 14.4. The van der Waals surface area contributed by atoms with Crippen molar-refractivity contribution in [2.75, 3.05) is 25.5 Å². The first-order valence-corrected chi connectivity index (χ1v) is 16.7. The van der Waals surface area contributed by atoms with E-state index in [9.17, 15) is 14.4 Å². The Morgan fingerprint density at radius 2 is 1.82 bits per heavy atom. The second-order valence-electron chi connectivity index (χ2n) is 14.0. The molecule has 3 fully saturated rings. The smallest absolute Gasteiger partial charge is 0.246 e. The van der Waals surface area contributed by atoms with Crippen LogP contribution in [0.25, 0.3) is 0 Å². The summed E-state index contributed by atoms with van der Waals surface area (Å²) in [6, 6.07) is 15.4. The van der Waals surface area contributed by atoms with Crippen LogP contribution < -0.4 is 10.6 Å². The molecule has 0 aromatic heterocycles. The Kier molecular flexibility index (Phi) is 8.90. The van der Waals surface area contributed by atoms with Crippen LogP contribution in [0, 0.1) is 37.5 Å². The number of ether oxygens (including phenoxy) is 1. The summed E-state index contributed by atoms with van der Waals surface area (Å²) in [5, 5.41) is 6.40. The highest BCUT2D eigenvalue weighted by Crippen LogP contribution is 2.55. The molecule has 240 valence electrons. The number of carbonyl (C=O) groups excluding carboxylic acids is 3. The van der Waals surface area contributed by atoms with Crippen LogP contribution in [0.3, 0.4) is 0 Å². The van der Waals surface area contributed by atoms with Gasteiger partial charge in [0.05, 0.1) is 17.9 Å². The lowest BCUT2D eigenvalue weighted by atomic mass is 9.73. The van der Waals surface area contributed by atoms with Gasteiger partial charge in [-0.05, 0) is 80.9 Å². The van der Waals surface area contributed by atoms with Crippen LogP contribution in [0.1, 0.15) is 56.2 Å². The fourth-order valence-electron chi connectivity index (χ4n) is 8.09. The molecule has 8 atom stereocenters. The summed E-state index contributed by atoms with van der Waals surface area (Å²) in [6.45, 7) is 10.5. The summed E-state index contributed by atoms with van der Waals surface area (Å²) < 4.78 is 6.57. The first-order chi connectivity index (χ1) is 21.6. The van der Waals surface area contributed by atoms with Crippen molar-refractivity contribution in [1.82, 2.24) is 15.1 Å². The minimum absolute atomic E-state index is 0.0529. The fraction of sp³-hybridized carbons (Fsp3) is 0.541. The van der Waals surface area contributed by atoms with Gasteiger partial charge in [0.25, 0.3) is 0 Å². The highest BCUT2D eigenvalue weighted by Gasteiger charge is 2.72. The molecule has 2 bridgehead atoms. The molecule has 45 heavy (non-hydrogen) atoms. The molecule has 8 heteroatoms. The van der Waals surface area contributed by atoms with Gasteiger partial charge in [0.2, 0.25) is 17.7 Å². The van der Waals surface area contributed by atoms with Crippen LogP contribution in [-0.4, -0.2) is 71.4 Å². The van der Waals surface area contributed by atoms with Gasteiger partial charge in [-0.3, -0.25) is 14.4 Å². The second-order valence-corrected chi connectivity index (χ2v) is 14.0. The summed E-state index contributed by atoms with van der Waals surface area (Å²) in [5.41, 5.74) is 2.99. The van der Waals surface area contributed by atoms with Crippen molar-refractivity contribution in [2.24, 2.45) is 23.7 Å². The molecule has 2 aromatic rings. The van der Waals surface area contributed by atoms with Crippen molar-refractivity contribution in [3.63, 3.8) is 0 Å². The number of nitrogens with zero attached hydrogens (tertiary/aromatic N) is 2. The number of hydrogen-bond donors (Lipinski definition) is 2. The Labute approximate surface area is 267 Å². The van der Waals surface area contributed by atoms with E-state index in [1.807, 2.05) is 62.4 Å². The Morgan fingerprint density at radius 1 is 1.04 bits per heavy atom. The third-order valence-electron chi connectivity index (χ3n) is 11.0. The first-order valence-electron chi connectivity index (χ1n) is 16.7. The van der Waals surface area contributed by atoms with E-state index in [0.717, 1.165) is 43.5 Å². The summed E-state index contributed by atoms with van der Waals surface area (Å²) in [7, 11) is 2.07. The normalized spacial score (nSPS) is 31.8. The van der Waals surface area contributed by atoms with Gasteiger partial charge < -0.3 is 25.2 Å². The lowest BCUT2D eigenvalue weighted by molar-refractivity contribution is -0.141. The molecule has 6 rings (SSSR count). The number of hydrogen-bond acceptors (Lipinski definition) is 5. The molecule has 8 nitrogen and oxygen atoms in total.